The molecule has 0 aliphatic rings. The van der Waals surface area contributed by atoms with Crippen LogP contribution in [0.1, 0.15) is 18.4 Å². The van der Waals surface area contributed by atoms with E-state index in [1.54, 1.807) is 17.3 Å². The molecule has 1 N–H and O–H groups in total. The first-order valence-electron chi connectivity index (χ1n) is 7.07. The van der Waals surface area contributed by atoms with Gasteiger partial charge in [0.1, 0.15) is 12.7 Å². The second-order valence-corrected chi connectivity index (χ2v) is 5.05. The molecule has 0 spiro atoms. The SMILES string of the molecule is CC(CNc1ccccc1-n1cncn1)c1ccccc1. The molecule has 1 unspecified atom stereocenters. The van der Waals surface area contributed by atoms with Gasteiger partial charge in [0, 0.05) is 6.54 Å². The van der Waals surface area contributed by atoms with E-state index in [0.29, 0.717) is 5.92 Å². The van der Waals surface area contributed by atoms with Crippen LogP contribution in [0.25, 0.3) is 5.69 Å². The van der Waals surface area contributed by atoms with E-state index in [2.05, 4.69) is 52.7 Å². The molecular weight excluding hydrogens is 260 g/mol. The number of para-hydroxylation sites is 2. The predicted octanol–water partition coefficient (Wildman–Crippen LogP) is 3.48. The Labute approximate surface area is 124 Å². The summed E-state index contributed by atoms with van der Waals surface area (Å²) in [6, 6.07) is 18.6. The van der Waals surface area contributed by atoms with E-state index >= 15 is 0 Å². The van der Waals surface area contributed by atoms with Gasteiger partial charge in [0.25, 0.3) is 0 Å². The van der Waals surface area contributed by atoms with Crippen LogP contribution in [0.4, 0.5) is 5.69 Å². The maximum absolute atomic E-state index is 4.20. The number of nitrogens with one attached hydrogen (secondary N) is 1. The third-order valence-electron chi connectivity index (χ3n) is 3.54. The fourth-order valence-corrected chi connectivity index (χ4v) is 2.32. The molecule has 1 aromatic heterocycles. The highest BCUT2D eigenvalue weighted by Gasteiger charge is 2.08. The topological polar surface area (TPSA) is 42.7 Å². The lowest BCUT2D eigenvalue weighted by molar-refractivity contribution is 0.800. The van der Waals surface area contributed by atoms with Crippen LogP contribution in [0, 0.1) is 0 Å². The maximum Gasteiger partial charge on any atom is 0.138 e. The summed E-state index contributed by atoms with van der Waals surface area (Å²) in [6.07, 6.45) is 3.25. The van der Waals surface area contributed by atoms with Crippen LogP contribution < -0.4 is 5.32 Å². The van der Waals surface area contributed by atoms with E-state index in [9.17, 15) is 0 Å². The van der Waals surface area contributed by atoms with Gasteiger partial charge in [-0.25, -0.2) is 9.67 Å². The van der Waals surface area contributed by atoms with Crippen molar-refractivity contribution in [2.75, 3.05) is 11.9 Å². The number of rotatable bonds is 5. The summed E-state index contributed by atoms with van der Waals surface area (Å²) in [6.45, 7) is 3.09. The van der Waals surface area contributed by atoms with Crippen molar-refractivity contribution in [3.63, 3.8) is 0 Å². The van der Waals surface area contributed by atoms with Crippen LogP contribution >= 0.6 is 0 Å². The van der Waals surface area contributed by atoms with Crippen molar-refractivity contribution in [2.45, 2.75) is 12.8 Å². The highest BCUT2D eigenvalue weighted by Crippen LogP contribution is 2.21. The summed E-state index contributed by atoms with van der Waals surface area (Å²) < 4.78 is 1.77. The fraction of sp³-hybridized carbons (Fsp3) is 0.176. The average molecular weight is 278 g/mol. The number of anilines is 1. The number of aromatic nitrogens is 3. The molecule has 4 heteroatoms. The normalized spacial score (nSPS) is 12.0. The zero-order valence-electron chi connectivity index (χ0n) is 12.0. The minimum absolute atomic E-state index is 0.440. The summed E-state index contributed by atoms with van der Waals surface area (Å²) in [5, 5.41) is 7.71. The highest BCUT2D eigenvalue weighted by molar-refractivity contribution is 5.60. The third-order valence-corrected chi connectivity index (χ3v) is 3.54. The molecular formula is C17H18N4. The quantitative estimate of drug-likeness (QED) is 0.777. The molecule has 0 bridgehead atoms. The lowest BCUT2D eigenvalue weighted by Crippen LogP contribution is -2.11. The summed E-state index contributed by atoms with van der Waals surface area (Å²) >= 11 is 0. The Balaban J connectivity index is 1.74. The first-order valence-corrected chi connectivity index (χ1v) is 7.07. The Hall–Kier alpha value is -2.62. The maximum atomic E-state index is 4.20. The first-order chi connectivity index (χ1) is 10.3. The zero-order chi connectivity index (χ0) is 14.5. The third kappa shape index (κ3) is 3.11. The van der Waals surface area contributed by atoms with Gasteiger partial charge in [-0.3, -0.25) is 0 Å². The van der Waals surface area contributed by atoms with Crippen molar-refractivity contribution < 1.29 is 0 Å². The van der Waals surface area contributed by atoms with Gasteiger partial charge < -0.3 is 5.32 Å². The Morgan fingerprint density at radius 2 is 1.81 bits per heavy atom. The van der Waals surface area contributed by atoms with Gasteiger partial charge >= 0.3 is 0 Å². The van der Waals surface area contributed by atoms with Gasteiger partial charge in [-0.05, 0) is 23.6 Å². The molecule has 1 heterocycles. The van der Waals surface area contributed by atoms with E-state index < -0.39 is 0 Å². The molecule has 3 rings (SSSR count). The van der Waals surface area contributed by atoms with Crippen LogP contribution in [0.3, 0.4) is 0 Å². The second-order valence-electron chi connectivity index (χ2n) is 5.05. The Morgan fingerprint density at radius 1 is 1.05 bits per heavy atom. The number of hydrogen-bond acceptors (Lipinski definition) is 3. The van der Waals surface area contributed by atoms with Gasteiger partial charge in [-0.1, -0.05) is 49.4 Å². The van der Waals surface area contributed by atoms with Crippen LogP contribution in [0.2, 0.25) is 0 Å². The molecule has 0 aliphatic heterocycles. The highest BCUT2D eigenvalue weighted by atomic mass is 15.3. The van der Waals surface area contributed by atoms with Crippen LogP contribution in [-0.2, 0) is 0 Å². The van der Waals surface area contributed by atoms with Crippen LogP contribution in [-0.4, -0.2) is 21.3 Å². The van der Waals surface area contributed by atoms with Crippen LogP contribution in [0.15, 0.2) is 67.3 Å². The van der Waals surface area contributed by atoms with Crippen molar-refractivity contribution >= 4 is 5.69 Å². The molecule has 2 aromatic carbocycles. The zero-order valence-corrected chi connectivity index (χ0v) is 12.0. The Kier molecular flexibility index (Phi) is 3.96. The summed E-state index contributed by atoms with van der Waals surface area (Å²) in [5.41, 5.74) is 3.41. The van der Waals surface area contributed by atoms with Gasteiger partial charge in [-0.2, -0.15) is 5.10 Å². The smallest absolute Gasteiger partial charge is 0.138 e. The molecule has 106 valence electrons. The number of benzene rings is 2. The largest absolute Gasteiger partial charge is 0.383 e. The summed E-state index contributed by atoms with van der Waals surface area (Å²) in [4.78, 5) is 4.01. The van der Waals surface area contributed by atoms with E-state index in [4.69, 9.17) is 0 Å². The molecule has 0 radical (unpaired) electrons. The molecule has 0 aliphatic carbocycles. The van der Waals surface area contributed by atoms with Gasteiger partial charge in [0.2, 0.25) is 0 Å². The number of hydrogen-bond donors (Lipinski definition) is 1. The minimum Gasteiger partial charge on any atom is -0.383 e. The molecule has 0 saturated heterocycles. The van der Waals surface area contributed by atoms with Crippen molar-refractivity contribution in [3.8, 4) is 5.69 Å². The molecule has 0 saturated carbocycles. The Bertz CT molecular complexity index is 677. The monoisotopic (exact) mass is 278 g/mol. The molecule has 3 aromatic rings. The van der Waals surface area contributed by atoms with Crippen molar-refractivity contribution in [2.24, 2.45) is 0 Å². The van der Waals surface area contributed by atoms with E-state index in [1.807, 2.05) is 24.3 Å². The van der Waals surface area contributed by atoms with Crippen molar-refractivity contribution in [1.82, 2.24) is 14.8 Å². The minimum atomic E-state index is 0.440. The lowest BCUT2D eigenvalue weighted by atomic mass is 10.0. The lowest BCUT2D eigenvalue weighted by Gasteiger charge is -2.16. The number of nitrogens with zero attached hydrogens (tertiary/aromatic N) is 3. The van der Waals surface area contributed by atoms with Crippen LogP contribution in [0.5, 0.6) is 0 Å². The Morgan fingerprint density at radius 3 is 2.57 bits per heavy atom. The molecule has 0 fully saturated rings. The first kappa shape index (κ1) is 13.4. The van der Waals surface area contributed by atoms with Gasteiger partial charge in [0.15, 0.2) is 0 Å². The standard InChI is InChI=1S/C17H18N4/c1-14(15-7-3-2-4-8-15)11-19-16-9-5-6-10-17(16)21-13-18-12-20-21/h2-10,12-14,19H,11H2,1H3. The molecule has 0 amide bonds. The van der Waals surface area contributed by atoms with E-state index in [1.165, 1.54) is 5.56 Å². The molecule has 4 nitrogen and oxygen atoms in total. The van der Waals surface area contributed by atoms with Crippen molar-refractivity contribution in [3.05, 3.63) is 72.8 Å². The summed E-state index contributed by atoms with van der Waals surface area (Å²) in [5.74, 6) is 0.440. The average Bonchev–Trinajstić information content (AvgIpc) is 3.08. The molecule has 1 atom stereocenters. The predicted molar refractivity (Wildman–Crippen MR) is 84.7 cm³/mol. The summed E-state index contributed by atoms with van der Waals surface area (Å²) in [7, 11) is 0. The second kappa shape index (κ2) is 6.22. The van der Waals surface area contributed by atoms with Gasteiger partial charge in [0.05, 0.1) is 11.4 Å². The van der Waals surface area contributed by atoms with E-state index in [-0.39, 0.29) is 0 Å². The fourth-order valence-electron chi connectivity index (χ4n) is 2.32. The van der Waals surface area contributed by atoms with Crippen molar-refractivity contribution in [1.29, 1.82) is 0 Å². The van der Waals surface area contributed by atoms with E-state index in [0.717, 1.165) is 17.9 Å². The van der Waals surface area contributed by atoms with Gasteiger partial charge in [-0.15, -0.1) is 0 Å². The molecule has 21 heavy (non-hydrogen) atoms.